The monoisotopic (exact) mass is 132 g/mol. The first-order valence-corrected chi connectivity index (χ1v) is 3.22. The fourth-order valence-electron chi connectivity index (χ4n) is 0.700. The minimum atomic E-state index is 0.622. The molecule has 0 radical (unpaired) electrons. The highest BCUT2D eigenvalue weighted by Crippen LogP contribution is 1.98. The molecule has 2 heteroatoms. The molecule has 0 atom stereocenters. The molecule has 0 saturated carbocycles. The zero-order valence-corrected chi connectivity index (χ0v) is 5.83. The molecule has 0 aromatic carbocycles. The van der Waals surface area contributed by atoms with Crippen LogP contribution in [0.15, 0.2) is 18.3 Å². The van der Waals surface area contributed by atoms with Crippen LogP contribution in [0.4, 0.5) is 0 Å². The smallest absolute Gasteiger partial charge is 0.101 e. The van der Waals surface area contributed by atoms with Crippen molar-refractivity contribution in [1.82, 2.24) is 4.98 Å². The van der Waals surface area contributed by atoms with E-state index in [1.165, 1.54) is 0 Å². The molecule has 50 valence electrons. The molecule has 0 aliphatic carbocycles. The molecule has 0 unspecified atom stereocenters. The zero-order chi connectivity index (χ0) is 7.40. The maximum atomic E-state index is 8.41. The lowest BCUT2D eigenvalue weighted by Gasteiger charge is -1.92. The lowest BCUT2D eigenvalue weighted by molar-refractivity contribution is 1.03. The van der Waals surface area contributed by atoms with Crippen LogP contribution in [0.25, 0.3) is 0 Å². The maximum absolute atomic E-state index is 8.41. The molecule has 0 aliphatic heterocycles. The van der Waals surface area contributed by atoms with Crippen LogP contribution in [0.2, 0.25) is 0 Å². The Morgan fingerprint density at radius 3 is 2.80 bits per heavy atom. The number of nitriles is 1. The van der Waals surface area contributed by atoms with Crippen molar-refractivity contribution in [3.05, 3.63) is 29.6 Å². The third-order valence-electron chi connectivity index (χ3n) is 1.32. The van der Waals surface area contributed by atoms with E-state index < -0.39 is 0 Å². The number of hydrogen-bond acceptors (Lipinski definition) is 2. The summed E-state index contributed by atoms with van der Waals surface area (Å²) in [6.07, 6.45) is 2.52. The summed E-state index contributed by atoms with van der Waals surface area (Å²) in [5, 5.41) is 8.41. The highest BCUT2D eigenvalue weighted by molar-refractivity contribution is 5.26. The zero-order valence-electron chi connectivity index (χ0n) is 5.83. The summed E-state index contributed by atoms with van der Waals surface area (Å²) in [7, 11) is 0. The maximum Gasteiger partial charge on any atom is 0.101 e. The molecule has 10 heavy (non-hydrogen) atoms. The van der Waals surface area contributed by atoms with Crippen molar-refractivity contribution in [3.63, 3.8) is 0 Å². The molecular formula is C8H8N2. The Balaban J connectivity index is 2.93. The van der Waals surface area contributed by atoms with Crippen LogP contribution in [0.1, 0.15) is 18.2 Å². The number of aryl methyl sites for hydroxylation is 1. The highest BCUT2D eigenvalue weighted by Gasteiger charge is 1.90. The number of aromatic nitrogens is 1. The van der Waals surface area contributed by atoms with E-state index in [-0.39, 0.29) is 0 Å². The lowest BCUT2D eigenvalue weighted by atomic mass is 10.2. The number of nitrogens with zero attached hydrogens (tertiary/aromatic N) is 2. The Morgan fingerprint density at radius 1 is 1.60 bits per heavy atom. The average molecular weight is 132 g/mol. The number of pyridine rings is 1. The van der Waals surface area contributed by atoms with E-state index >= 15 is 0 Å². The molecule has 0 N–H and O–H groups in total. The summed E-state index contributed by atoms with van der Waals surface area (Å²) in [6.45, 7) is 2.04. The lowest BCUT2D eigenvalue weighted by Crippen LogP contribution is -1.85. The molecule has 0 amide bonds. The first-order chi connectivity index (χ1) is 4.86. The van der Waals surface area contributed by atoms with E-state index in [2.05, 4.69) is 4.98 Å². The predicted octanol–water partition coefficient (Wildman–Crippen LogP) is 1.52. The van der Waals surface area contributed by atoms with Crippen molar-refractivity contribution < 1.29 is 0 Å². The normalized spacial score (nSPS) is 8.80. The van der Waals surface area contributed by atoms with Gasteiger partial charge < -0.3 is 0 Å². The van der Waals surface area contributed by atoms with Gasteiger partial charge in [0.05, 0.1) is 5.56 Å². The topological polar surface area (TPSA) is 36.7 Å². The predicted molar refractivity (Wildman–Crippen MR) is 38.3 cm³/mol. The van der Waals surface area contributed by atoms with Gasteiger partial charge in [0.15, 0.2) is 0 Å². The van der Waals surface area contributed by atoms with Crippen LogP contribution in [-0.2, 0) is 6.42 Å². The van der Waals surface area contributed by atoms with E-state index in [1.54, 1.807) is 12.3 Å². The summed E-state index contributed by atoms with van der Waals surface area (Å²) < 4.78 is 0. The Labute approximate surface area is 60.1 Å². The fourth-order valence-corrected chi connectivity index (χ4v) is 0.700. The van der Waals surface area contributed by atoms with Crippen LogP contribution in [-0.4, -0.2) is 4.98 Å². The van der Waals surface area contributed by atoms with Gasteiger partial charge in [0.1, 0.15) is 6.07 Å². The average Bonchev–Trinajstić information content (AvgIpc) is 2.05. The summed E-state index contributed by atoms with van der Waals surface area (Å²) in [6, 6.07) is 5.67. The van der Waals surface area contributed by atoms with Gasteiger partial charge in [-0.1, -0.05) is 6.92 Å². The van der Waals surface area contributed by atoms with Crippen molar-refractivity contribution >= 4 is 0 Å². The van der Waals surface area contributed by atoms with Crippen molar-refractivity contribution in [2.24, 2.45) is 0 Å². The molecule has 0 spiro atoms. The minimum absolute atomic E-state index is 0.622. The van der Waals surface area contributed by atoms with Gasteiger partial charge in [-0.2, -0.15) is 5.26 Å². The largest absolute Gasteiger partial charge is 0.260 e. The van der Waals surface area contributed by atoms with Crippen LogP contribution in [0, 0.1) is 11.3 Å². The van der Waals surface area contributed by atoms with E-state index in [4.69, 9.17) is 5.26 Å². The Bertz CT molecular complexity index is 243. The van der Waals surface area contributed by atoms with Gasteiger partial charge in [-0.3, -0.25) is 4.98 Å². The van der Waals surface area contributed by atoms with Gasteiger partial charge in [0, 0.05) is 11.9 Å². The van der Waals surface area contributed by atoms with Gasteiger partial charge in [-0.05, 0) is 18.6 Å². The van der Waals surface area contributed by atoms with Crippen molar-refractivity contribution in [2.45, 2.75) is 13.3 Å². The third kappa shape index (κ3) is 1.32. The Morgan fingerprint density at radius 2 is 2.40 bits per heavy atom. The molecule has 0 aliphatic rings. The molecule has 1 rings (SSSR count). The second kappa shape index (κ2) is 2.98. The summed E-state index contributed by atoms with van der Waals surface area (Å²) in [5.41, 5.74) is 1.65. The molecule has 0 saturated heterocycles. The summed E-state index contributed by atoms with van der Waals surface area (Å²) in [4.78, 5) is 4.05. The summed E-state index contributed by atoms with van der Waals surface area (Å²) in [5.74, 6) is 0. The molecule has 1 heterocycles. The van der Waals surface area contributed by atoms with E-state index in [1.807, 2.05) is 19.1 Å². The van der Waals surface area contributed by atoms with Gasteiger partial charge in [0.25, 0.3) is 0 Å². The van der Waals surface area contributed by atoms with Gasteiger partial charge in [-0.15, -0.1) is 0 Å². The van der Waals surface area contributed by atoms with Gasteiger partial charge in [-0.25, -0.2) is 0 Å². The van der Waals surface area contributed by atoms with Crippen molar-refractivity contribution in [1.29, 1.82) is 5.26 Å². The van der Waals surface area contributed by atoms with Crippen LogP contribution < -0.4 is 0 Å². The Hall–Kier alpha value is -1.36. The van der Waals surface area contributed by atoms with Crippen LogP contribution in [0.5, 0.6) is 0 Å². The molecule has 0 fully saturated rings. The van der Waals surface area contributed by atoms with Gasteiger partial charge >= 0.3 is 0 Å². The fraction of sp³-hybridized carbons (Fsp3) is 0.250. The Kier molecular flexibility index (Phi) is 2.01. The first kappa shape index (κ1) is 6.76. The van der Waals surface area contributed by atoms with Crippen molar-refractivity contribution in [2.75, 3.05) is 0 Å². The SMILES string of the molecule is CCc1ccc(C#N)cn1. The highest BCUT2D eigenvalue weighted by atomic mass is 14.7. The number of rotatable bonds is 1. The van der Waals surface area contributed by atoms with Gasteiger partial charge in [0.2, 0.25) is 0 Å². The second-order valence-electron chi connectivity index (χ2n) is 2.00. The van der Waals surface area contributed by atoms with Crippen molar-refractivity contribution in [3.8, 4) is 6.07 Å². The molecular weight excluding hydrogens is 124 g/mol. The first-order valence-electron chi connectivity index (χ1n) is 3.22. The standard InChI is InChI=1S/C8H8N2/c1-2-8-4-3-7(5-9)6-10-8/h3-4,6H,2H2,1H3. The molecule has 2 nitrogen and oxygen atoms in total. The third-order valence-corrected chi connectivity index (χ3v) is 1.32. The molecule has 1 aromatic rings. The van der Waals surface area contributed by atoms with Crippen LogP contribution in [0.3, 0.4) is 0 Å². The second-order valence-corrected chi connectivity index (χ2v) is 2.00. The van der Waals surface area contributed by atoms with Crippen LogP contribution >= 0.6 is 0 Å². The minimum Gasteiger partial charge on any atom is -0.260 e. The summed E-state index contributed by atoms with van der Waals surface area (Å²) >= 11 is 0. The number of hydrogen-bond donors (Lipinski definition) is 0. The van der Waals surface area contributed by atoms with E-state index in [0.717, 1.165) is 12.1 Å². The quantitative estimate of drug-likeness (QED) is 0.580. The van der Waals surface area contributed by atoms with E-state index in [0.29, 0.717) is 5.56 Å². The molecule has 0 bridgehead atoms. The van der Waals surface area contributed by atoms with E-state index in [9.17, 15) is 0 Å². The molecule has 1 aromatic heterocycles.